The zero-order chi connectivity index (χ0) is 17.1. The third-order valence-corrected chi connectivity index (χ3v) is 4.16. The van der Waals surface area contributed by atoms with Crippen molar-refractivity contribution in [1.82, 2.24) is 4.57 Å². The van der Waals surface area contributed by atoms with Crippen LogP contribution in [-0.4, -0.2) is 28.3 Å². The first-order valence-electron chi connectivity index (χ1n) is 7.97. The Hall–Kier alpha value is -2.60. The molecule has 1 fully saturated rings. The molecule has 0 bridgehead atoms. The average Bonchev–Trinajstić information content (AvgIpc) is 3.05. The van der Waals surface area contributed by atoms with Gasteiger partial charge >= 0.3 is 0 Å². The number of nitrogens with zero attached hydrogens (tertiary/aromatic N) is 1. The Morgan fingerprint density at radius 3 is 2.79 bits per heavy atom. The predicted octanol–water partition coefficient (Wildman–Crippen LogP) is 2.29. The van der Waals surface area contributed by atoms with Gasteiger partial charge in [0.25, 0.3) is 11.5 Å². The van der Waals surface area contributed by atoms with Crippen LogP contribution in [0.3, 0.4) is 0 Å². The third-order valence-electron chi connectivity index (χ3n) is 4.16. The van der Waals surface area contributed by atoms with Crippen LogP contribution in [0.1, 0.15) is 28.9 Å². The smallest absolute Gasteiger partial charge is 0.267 e. The first-order chi connectivity index (χ1) is 11.6. The number of nitrogens with one attached hydrogen (secondary N) is 1. The summed E-state index contributed by atoms with van der Waals surface area (Å²) in [6.45, 7) is 2.81. The number of carbonyl (C=O) groups is 1. The van der Waals surface area contributed by atoms with Crippen LogP contribution in [-0.2, 0) is 11.3 Å². The monoisotopic (exact) mass is 328 g/mol. The molecule has 0 aliphatic carbocycles. The molecule has 0 spiro atoms. The summed E-state index contributed by atoms with van der Waals surface area (Å²) in [5, 5.41) is 12.7. The lowest BCUT2D eigenvalue weighted by molar-refractivity contribution is 0.0946. The fourth-order valence-electron chi connectivity index (χ4n) is 2.90. The second-order valence-corrected chi connectivity index (χ2v) is 5.92. The number of hydrogen-bond donors (Lipinski definition) is 2. The normalized spacial score (nSPS) is 17.0. The fraction of sp³-hybridized carbons (Fsp3) is 0.333. The van der Waals surface area contributed by atoms with Gasteiger partial charge < -0.3 is 19.7 Å². The van der Waals surface area contributed by atoms with Crippen molar-refractivity contribution in [1.29, 1.82) is 0 Å². The van der Waals surface area contributed by atoms with Crippen molar-refractivity contribution in [3.05, 3.63) is 58.0 Å². The minimum Gasteiger partial charge on any atom is -0.507 e. The molecule has 6 heteroatoms. The van der Waals surface area contributed by atoms with Gasteiger partial charge in [-0.2, -0.15) is 0 Å². The van der Waals surface area contributed by atoms with Gasteiger partial charge in [0, 0.05) is 24.1 Å². The van der Waals surface area contributed by atoms with Gasteiger partial charge in [-0.25, -0.2) is 0 Å². The van der Waals surface area contributed by atoms with Gasteiger partial charge in [0.05, 0.1) is 12.6 Å². The van der Waals surface area contributed by atoms with Gasteiger partial charge in [-0.15, -0.1) is 0 Å². The van der Waals surface area contributed by atoms with Gasteiger partial charge in [0.1, 0.15) is 11.3 Å². The summed E-state index contributed by atoms with van der Waals surface area (Å²) in [4.78, 5) is 25.2. The zero-order valence-electron chi connectivity index (χ0n) is 13.5. The Kier molecular flexibility index (Phi) is 4.66. The van der Waals surface area contributed by atoms with E-state index in [1.807, 2.05) is 6.07 Å². The summed E-state index contributed by atoms with van der Waals surface area (Å²) < 4.78 is 7.07. The summed E-state index contributed by atoms with van der Waals surface area (Å²) in [5.41, 5.74) is 0.413. The van der Waals surface area contributed by atoms with Crippen LogP contribution in [0.5, 0.6) is 5.75 Å². The zero-order valence-corrected chi connectivity index (χ0v) is 13.5. The lowest BCUT2D eigenvalue weighted by Gasteiger charge is -2.16. The van der Waals surface area contributed by atoms with Crippen LogP contribution < -0.4 is 10.9 Å². The van der Waals surface area contributed by atoms with Crippen molar-refractivity contribution in [2.24, 2.45) is 0 Å². The highest BCUT2D eigenvalue weighted by molar-refractivity contribution is 6.05. The number of carbonyl (C=O) groups excluding carboxylic acids is 1. The Bertz CT molecular complexity index is 793. The number of rotatable bonds is 4. The lowest BCUT2D eigenvalue weighted by Crippen LogP contribution is -2.33. The van der Waals surface area contributed by atoms with Crippen LogP contribution in [0.25, 0.3) is 0 Å². The largest absolute Gasteiger partial charge is 0.507 e. The molecule has 1 aliphatic heterocycles. The number of pyridine rings is 1. The molecule has 126 valence electrons. The first-order valence-corrected chi connectivity index (χ1v) is 7.97. The Labute approximate surface area is 139 Å². The number of aromatic nitrogens is 1. The summed E-state index contributed by atoms with van der Waals surface area (Å²) >= 11 is 0. The Morgan fingerprint density at radius 1 is 1.38 bits per heavy atom. The Balaban J connectivity index is 1.92. The molecular formula is C18H20N2O4. The van der Waals surface area contributed by atoms with Gasteiger partial charge in [0.15, 0.2) is 0 Å². The van der Waals surface area contributed by atoms with E-state index in [4.69, 9.17) is 4.74 Å². The molecule has 1 aromatic heterocycles. The third kappa shape index (κ3) is 3.33. The maximum Gasteiger partial charge on any atom is 0.267 e. The van der Waals surface area contributed by atoms with Crippen molar-refractivity contribution >= 4 is 11.6 Å². The van der Waals surface area contributed by atoms with Crippen LogP contribution in [0.4, 0.5) is 5.69 Å². The minimum absolute atomic E-state index is 0.0315. The van der Waals surface area contributed by atoms with Gasteiger partial charge in [0.2, 0.25) is 0 Å². The highest BCUT2D eigenvalue weighted by Gasteiger charge is 2.23. The molecule has 2 heterocycles. The highest BCUT2D eigenvalue weighted by atomic mass is 16.5. The lowest BCUT2D eigenvalue weighted by atomic mass is 10.1. The van der Waals surface area contributed by atoms with Crippen molar-refractivity contribution in [3.63, 3.8) is 0 Å². The minimum atomic E-state index is -0.621. The predicted molar refractivity (Wildman–Crippen MR) is 90.5 cm³/mol. The number of hydrogen-bond acceptors (Lipinski definition) is 4. The maximum absolute atomic E-state index is 12.7. The van der Waals surface area contributed by atoms with E-state index in [9.17, 15) is 14.7 Å². The van der Waals surface area contributed by atoms with E-state index < -0.39 is 11.5 Å². The van der Waals surface area contributed by atoms with Crippen LogP contribution in [0, 0.1) is 6.92 Å². The summed E-state index contributed by atoms with van der Waals surface area (Å²) in [7, 11) is 0. The van der Waals surface area contributed by atoms with Crippen LogP contribution in [0.15, 0.2) is 41.2 Å². The molecule has 3 rings (SSSR count). The second-order valence-electron chi connectivity index (χ2n) is 5.92. The van der Waals surface area contributed by atoms with Gasteiger partial charge in [-0.05, 0) is 31.9 Å². The van der Waals surface area contributed by atoms with Crippen molar-refractivity contribution in [2.45, 2.75) is 32.4 Å². The van der Waals surface area contributed by atoms with Gasteiger partial charge in [-0.1, -0.05) is 18.2 Å². The molecule has 1 saturated heterocycles. The van der Waals surface area contributed by atoms with E-state index in [-0.39, 0.29) is 17.4 Å². The Morgan fingerprint density at radius 2 is 2.12 bits per heavy atom. The number of anilines is 1. The molecule has 2 N–H and O–H groups in total. The quantitative estimate of drug-likeness (QED) is 0.902. The number of para-hydroxylation sites is 1. The topological polar surface area (TPSA) is 80.6 Å². The number of aryl methyl sites for hydroxylation is 1. The molecule has 6 nitrogen and oxygen atoms in total. The van der Waals surface area contributed by atoms with Crippen LogP contribution >= 0.6 is 0 Å². The molecule has 1 aliphatic rings. The molecule has 2 aromatic rings. The molecular weight excluding hydrogens is 308 g/mol. The molecule has 1 amide bonds. The van der Waals surface area contributed by atoms with Crippen LogP contribution in [0.2, 0.25) is 0 Å². The number of amides is 1. The highest BCUT2D eigenvalue weighted by Crippen LogP contribution is 2.19. The number of aromatic hydroxyl groups is 1. The molecule has 1 aromatic carbocycles. The molecule has 1 unspecified atom stereocenters. The summed E-state index contributed by atoms with van der Waals surface area (Å²) in [6.07, 6.45) is 1.83. The number of ether oxygens (including phenoxy) is 1. The van der Waals surface area contributed by atoms with Crippen molar-refractivity contribution in [3.8, 4) is 5.75 Å². The van der Waals surface area contributed by atoms with Crippen molar-refractivity contribution < 1.29 is 14.6 Å². The molecule has 24 heavy (non-hydrogen) atoms. The van der Waals surface area contributed by atoms with E-state index in [0.717, 1.165) is 12.8 Å². The first kappa shape index (κ1) is 16.3. The summed E-state index contributed by atoms with van der Waals surface area (Å²) in [5.74, 6) is -0.931. The summed E-state index contributed by atoms with van der Waals surface area (Å²) in [6, 6.07) is 10.3. The molecule has 0 saturated carbocycles. The second kappa shape index (κ2) is 6.88. The molecule has 1 atom stereocenters. The van der Waals surface area contributed by atoms with E-state index >= 15 is 0 Å². The average molecular weight is 328 g/mol. The van der Waals surface area contributed by atoms with Gasteiger partial charge in [-0.3, -0.25) is 9.59 Å². The SMILES string of the molecule is Cc1cc(O)c(C(=O)Nc2ccccc2)c(=O)n1CC1CCCO1. The maximum atomic E-state index is 12.7. The molecule has 0 radical (unpaired) electrons. The van der Waals surface area contributed by atoms with E-state index in [1.54, 1.807) is 31.2 Å². The van der Waals surface area contributed by atoms with E-state index in [0.29, 0.717) is 24.5 Å². The number of benzene rings is 1. The fourth-order valence-corrected chi connectivity index (χ4v) is 2.90. The van der Waals surface area contributed by atoms with E-state index in [2.05, 4.69) is 5.32 Å². The van der Waals surface area contributed by atoms with E-state index in [1.165, 1.54) is 10.6 Å². The standard InChI is InChI=1S/C18H20N2O4/c1-12-10-15(21)16(17(22)19-13-6-3-2-4-7-13)18(23)20(12)11-14-8-5-9-24-14/h2-4,6-7,10,14,21H,5,8-9,11H2,1H3,(H,19,22). The van der Waals surface area contributed by atoms with Crippen molar-refractivity contribution in [2.75, 3.05) is 11.9 Å².